The second kappa shape index (κ2) is 12.4. The van der Waals surface area contributed by atoms with Crippen molar-refractivity contribution in [3.05, 3.63) is 42.5 Å². The predicted molar refractivity (Wildman–Crippen MR) is 162 cm³/mol. The van der Waals surface area contributed by atoms with Crippen molar-refractivity contribution < 1.29 is 9.53 Å². The summed E-state index contributed by atoms with van der Waals surface area (Å²) >= 11 is 2.12. The number of likely N-dealkylation sites (N-methyl/N-ethyl adjacent to an activating group) is 1. The number of nitriles is 1. The van der Waals surface area contributed by atoms with Gasteiger partial charge in [-0.05, 0) is 75.7 Å². The van der Waals surface area contributed by atoms with Gasteiger partial charge in [0.2, 0.25) is 5.91 Å². The number of hydrogen-bond acceptors (Lipinski definition) is 8. The molecule has 3 saturated heterocycles. The molecule has 8 nitrogen and oxygen atoms in total. The van der Waals surface area contributed by atoms with Crippen LogP contribution in [0.5, 0.6) is 0 Å². The fourth-order valence-electron chi connectivity index (χ4n) is 8.16. The van der Waals surface area contributed by atoms with Crippen LogP contribution in [0.2, 0.25) is 0 Å². The molecule has 2 N–H and O–H groups in total. The molecule has 1 aromatic carbocycles. The number of nitrogens with one attached hydrogen (secondary N) is 2. The maximum atomic E-state index is 12.6. The van der Waals surface area contributed by atoms with Gasteiger partial charge < -0.3 is 14.5 Å². The van der Waals surface area contributed by atoms with E-state index in [2.05, 4.69) is 83.1 Å². The average molecular weight is 579 g/mol. The Bertz CT molecular complexity index is 1160. The molecule has 8 atom stereocenters. The second-order valence-corrected chi connectivity index (χ2v) is 14.4. The normalized spacial score (nSPS) is 37.8. The Morgan fingerprint density at radius 2 is 2.10 bits per heavy atom. The molecule has 1 saturated carbocycles. The summed E-state index contributed by atoms with van der Waals surface area (Å²) in [6.45, 7) is 10.1. The molecule has 41 heavy (non-hydrogen) atoms. The van der Waals surface area contributed by atoms with E-state index in [9.17, 15) is 10.1 Å². The van der Waals surface area contributed by atoms with E-state index in [0.717, 1.165) is 32.4 Å². The molecule has 5 aliphatic rings. The number of carbonyl (C=O) groups is 1. The summed E-state index contributed by atoms with van der Waals surface area (Å²) in [6.07, 6.45) is 8.66. The zero-order valence-corrected chi connectivity index (χ0v) is 25.5. The van der Waals surface area contributed by atoms with Gasteiger partial charge in [0.15, 0.2) is 6.35 Å². The highest BCUT2D eigenvalue weighted by molar-refractivity contribution is 8.00. The minimum Gasteiger partial charge on any atom is -0.348 e. The van der Waals surface area contributed by atoms with Crippen molar-refractivity contribution in [3.8, 4) is 6.07 Å². The number of rotatable bonds is 6. The Labute approximate surface area is 249 Å². The summed E-state index contributed by atoms with van der Waals surface area (Å²) in [4.78, 5) is 20.8. The lowest BCUT2D eigenvalue weighted by molar-refractivity contribution is -0.135. The predicted octanol–water partition coefficient (Wildman–Crippen LogP) is 3.40. The lowest BCUT2D eigenvalue weighted by Crippen LogP contribution is -2.73. The largest absolute Gasteiger partial charge is 0.348 e. The van der Waals surface area contributed by atoms with E-state index in [1.165, 1.54) is 35.8 Å². The third kappa shape index (κ3) is 5.84. The SMILES string of the molecule is C=CC(=O)N1CCN(C2NC(OCC3CCCN3C)NC3C[C@]4(CCC32)Sc2ccccc2CC4C)CC1CC#N. The molecular formula is C32H46N6O2S. The molecule has 4 aliphatic heterocycles. The molecule has 0 aromatic heterocycles. The molecule has 222 valence electrons. The molecule has 1 spiro atoms. The van der Waals surface area contributed by atoms with Gasteiger partial charge in [-0.3, -0.25) is 20.3 Å². The first-order chi connectivity index (χ1) is 19.9. The van der Waals surface area contributed by atoms with Gasteiger partial charge >= 0.3 is 0 Å². The van der Waals surface area contributed by atoms with Crippen LogP contribution < -0.4 is 10.6 Å². The van der Waals surface area contributed by atoms with Crippen molar-refractivity contribution in [2.75, 3.05) is 39.8 Å². The standard InChI is InChI=1S/C32H46N6O2S/c1-4-29(39)38-17-16-37(20-24(38)12-14-33)30-26-11-13-32(22(2)18-23-8-5-6-10-28(23)41-32)19-27(26)34-31(35-30)40-21-25-9-7-15-36(25)3/h4-6,8,10,22,24-27,30-31,34-35H,1,7,9,11-13,15-21H2,2-3H3/t22?,24?,25?,26?,27?,30?,31?,32-/m0/s1. The summed E-state index contributed by atoms with van der Waals surface area (Å²) < 4.78 is 6.81. The number of ether oxygens (including phenoxy) is 1. The van der Waals surface area contributed by atoms with Gasteiger partial charge in [-0.1, -0.05) is 31.7 Å². The van der Waals surface area contributed by atoms with Crippen LogP contribution >= 0.6 is 11.8 Å². The number of hydrogen-bond donors (Lipinski definition) is 2. The first-order valence-corrected chi connectivity index (χ1v) is 16.4. The summed E-state index contributed by atoms with van der Waals surface area (Å²) in [5.74, 6) is 0.966. The van der Waals surface area contributed by atoms with E-state index in [4.69, 9.17) is 4.74 Å². The van der Waals surface area contributed by atoms with Crippen LogP contribution in [0.25, 0.3) is 0 Å². The van der Waals surface area contributed by atoms with E-state index in [0.29, 0.717) is 50.0 Å². The van der Waals surface area contributed by atoms with Gasteiger partial charge in [-0.25, -0.2) is 0 Å². The Morgan fingerprint density at radius 3 is 2.88 bits per heavy atom. The van der Waals surface area contributed by atoms with Gasteiger partial charge in [0.25, 0.3) is 0 Å². The highest BCUT2D eigenvalue weighted by atomic mass is 32.2. The molecule has 1 amide bonds. The lowest BCUT2D eigenvalue weighted by Gasteiger charge is -2.57. The highest BCUT2D eigenvalue weighted by Crippen LogP contribution is 2.55. The summed E-state index contributed by atoms with van der Waals surface area (Å²) in [7, 11) is 2.20. The van der Waals surface area contributed by atoms with Gasteiger partial charge in [0, 0.05) is 47.3 Å². The third-order valence-electron chi connectivity index (χ3n) is 10.6. The number of thioether (sulfide) groups is 1. The van der Waals surface area contributed by atoms with Crippen molar-refractivity contribution in [1.29, 1.82) is 5.26 Å². The number of benzene rings is 1. The second-order valence-electron chi connectivity index (χ2n) is 12.9. The third-order valence-corrected chi connectivity index (χ3v) is 12.4. The molecule has 9 heteroatoms. The number of fused-ring (bicyclic) bond motifs is 2. The van der Waals surface area contributed by atoms with E-state index < -0.39 is 0 Å². The summed E-state index contributed by atoms with van der Waals surface area (Å²) in [5, 5.41) is 17.4. The highest BCUT2D eigenvalue weighted by Gasteiger charge is 2.52. The molecule has 0 radical (unpaired) electrons. The van der Waals surface area contributed by atoms with Crippen molar-refractivity contribution in [1.82, 2.24) is 25.3 Å². The number of amides is 1. The smallest absolute Gasteiger partial charge is 0.246 e. The van der Waals surface area contributed by atoms with E-state index in [1.807, 2.05) is 4.90 Å². The van der Waals surface area contributed by atoms with Crippen molar-refractivity contribution in [3.63, 3.8) is 0 Å². The van der Waals surface area contributed by atoms with E-state index >= 15 is 0 Å². The van der Waals surface area contributed by atoms with Crippen LogP contribution in [0.3, 0.4) is 0 Å². The minimum atomic E-state index is -0.219. The van der Waals surface area contributed by atoms with Crippen molar-refractivity contribution in [2.24, 2.45) is 11.8 Å². The number of likely N-dealkylation sites (tertiary alicyclic amines) is 1. The maximum absolute atomic E-state index is 12.6. The number of piperazine rings is 1. The van der Waals surface area contributed by atoms with Gasteiger partial charge in [-0.2, -0.15) is 5.26 Å². The molecule has 1 aliphatic carbocycles. The molecule has 4 fully saturated rings. The first-order valence-electron chi connectivity index (χ1n) is 15.6. The fourth-order valence-corrected chi connectivity index (χ4v) is 9.79. The Balaban J connectivity index is 1.22. The lowest BCUT2D eigenvalue weighted by atomic mass is 9.69. The van der Waals surface area contributed by atoms with Crippen molar-refractivity contribution >= 4 is 17.7 Å². The fraction of sp³-hybridized carbons (Fsp3) is 0.688. The van der Waals surface area contributed by atoms with Gasteiger partial charge in [-0.15, -0.1) is 11.8 Å². The van der Waals surface area contributed by atoms with Crippen LogP contribution in [0.1, 0.15) is 51.0 Å². The van der Waals surface area contributed by atoms with Crippen molar-refractivity contribution in [2.45, 2.75) is 92.2 Å². The maximum Gasteiger partial charge on any atom is 0.246 e. The number of carbonyl (C=O) groups excluding carboxylic acids is 1. The van der Waals surface area contributed by atoms with Crippen LogP contribution in [-0.2, 0) is 16.0 Å². The van der Waals surface area contributed by atoms with Crippen LogP contribution in [0.4, 0.5) is 0 Å². The summed E-state index contributed by atoms with van der Waals surface area (Å²) in [6, 6.07) is 12.0. The molecule has 0 bridgehead atoms. The topological polar surface area (TPSA) is 83.9 Å². The quantitative estimate of drug-likeness (QED) is 0.497. The number of nitrogens with zero attached hydrogens (tertiary/aromatic N) is 4. The average Bonchev–Trinajstić information content (AvgIpc) is 3.40. The molecular weight excluding hydrogens is 532 g/mol. The van der Waals surface area contributed by atoms with Gasteiger partial charge in [0.05, 0.1) is 31.3 Å². The monoisotopic (exact) mass is 578 g/mol. The first kappa shape index (κ1) is 29.2. The molecule has 7 unspecified atom stereocenters. The van der Waals surface area contributed by atoms with Crippen LogP contribution in [0.15, 0.2) is 41.8 Å². The van der Waals surface area contributed by atoms with E-state index in [1.54, 1.807) is 0 Å². The van der Waals surface area contributed by atoms with Gasteiger partial charge in [0.1, 0.15) is 0 Å². The van der Waals surface area contributed by atoms with Crippen LogP contribution in [-0.4, -0.2) is 95.8 Å². The minimum absolute atomic E-state index is 0.0776. The Kier molecular flexibility index (Phi) is 8.79. The zero-order chi connectivity index (χ0) is 28.6. The molecule has 1 aromatic rings. The zero-order valence-electron chi connectivity index (χ0n) is 24.6. The van der Waals surface area contributed by atoms with Crippen LogP contribution in [0, 0.1) is 23.2 Å². The molecule has 6 rings (SSSR count). The molecule has 4 heterocycles. The van der Waals surface area contributed by atoms with E-state index in [-0.39, 0.29) is 29.2 Å². The summed E-state index contributed by atoms with van der Waals surface area (Å²) in [5.41, 5.74) is 1.49. The Hall–Kier alpha value is -1.93. The Morgan fingerprint density at radius 1 is 1.24 bits per heavy atom.